The minimum atomic E-state index is -0.890. The lowest BCUT2D eigenvalue weighted by Crippen LogP contribution is -2.37. The number of aromatic nitrogens is 3. The van der Waals surface area contributed by atoms with E-state index in [9.17, 15) is 9.59 Å². The Kier molecular flexibility index (Phi) is 3.79. The van der Waals surface area contributed by atoms with E-state index >= 15 is 0 Å². The Morgan fingerprint density at radius 1 is 1.32 bits per heavy atom. The van der Waals surface area contributed by atoms with Crippen molar-refractivity contribution in [2.24, 2.45) is 0 Å². The molecule has 1 aromatic carbocycles. The van der Waals surface area contributed by atoms with Crippen LogP contribution < -0.4 is 5.56 Å². The first-order chi connectivity index (χ1) is 11.9. The summed E-state index contributed by atoms with van der Waals surface area (Å²) >= 11 is 3.57. The number of hydrogen-bond donors (Lipinski definition) is 2. The molecule has 0 bridgehead atoms. The first-order valence-electron chi connectivity index (χ1n) is 8.13. The topological polar surface area (TPSA) is 90.7 Å². The molecule has 1 aliphatic rings. The van der Waals surface area contributed by atoms with Crippen LogP contribution in [0, 0.1) is 6.92 Å². The monoisotopic (exact) mass is 404 g/mol. The van der Waals surface area contributed by atoms with Gasteiger partial charge in [0.1, 0.15) is 5.65 Å². The minimum Gasteiger partial charge on any atom is -0.465 e. The number of nitrogens with one attached hydrogen (secondary N) is 1. The number of amides is 1. The maximum Gasteiger partial charge on any atom is 0.407 e. The molecule has 4 rings (SSSR count). The second-order valence-electron chi connectivity index (χ2n) is 6.50. The number of likely N-dealkylation sites (tertiary alicyclic amines) is 1. The number of benzene rings is 1. The summed E-state index contributed by atoms with van der Waals surface area (Å²) in [5.41, 5.74) is 3.24. The molecule has 3 aromatic rings. The van der Waals surface area contributed by atoms with Crippen LogP contribution in [0.3, 0.4) is 0 Å². The standard InChI is InChI=1S/C17H17BrN4O3/c1-9-6-11(18)15-12(7-9)20-22-13(8-14(23)19-16(15)22)10-2-4-21(5-3-10)17(24)25/h6-8,10H,2-5H2,1H3,(H,19,23)(H,24,25). The lowest BCUT2D eigenvalue weighted by molar-refractivity contribution is 0.131. The minimum absolute atomic E-state index is 0.106. The summed E-state index contributed by atoms with van der Waals surface area (Å²) in [5.74, 6) is 0.106. The second-order valence-corrected chi connectivity index (χ2v) is 7.36. The summed E-state index contributed by atoms with van der Waals surface area (Å²) < 4.78 is 2.70. The smallest absolute Gasteiger partial charge is 0.407 e. The van der Waals surface area contributed by atoms with E-state index in [1.807, 2.05) is 19.1 Å². The molecule has 0 saturated carbocycles. The molecule has 1 aliphatic heterocycles. The SMILES string of the molecule is Cc1cc(Br)c2c(c1)nn1c(C3CCN(C(=O)O)CC3)cc(=O)[nH]c21. The highest BCUT2D eigenvalue weighted by molar-refractivity contribution is 9.10. The Balaban J connectivity index is 1.86. The molecule has 7 nitrogen and oxygen atoms in total. The van der Waals surface area contributed by atoms with Gasteiger partial charge in [-0.25, -0.2) is 9.31 Å². The predicted molar refractivity (Wildman–Crippen MR) is 97.3 cm³/mol. The third-order valence-electron chi connectivity index (χ3n) is 4.82. The summed E-state index contributed by atoms with van der Waals surface area (Å²) in [4.78, 5) is 27.6. The van der Waals surface area contributed by atoms with Gasteiger partial charge in [0.2, 0.25) is 0 Å². The first-order valence-corrected chi connectivity index (χ1v) is 8.93. The lowest BCUT2D eigenvalue weighted by Gasteiger charge is -2.30. The Hall–Kier alpha value is -2.35. The number of carbonyl (C=O) groups is 1. The Morgan fingerprint density at radius 2 is 2.04 bits per heavy atom. The van der Waals surface area contributed by atoms with Gasteiger partial charge in [0, 0.05) is 29.5 Å². The summed E-state index contributed by atoms with van der Waals surface area (Å²) in [5, 5.41) is 14.7. The molecule has 0 atom stereocenters. The largest absolute Gasteiger partial charge is 0.465 e. The molecule has 0 aliphatic carbocycles. The number of rotatable bonds is 1. The number of halogens is 1. The number of piperidine rings is 1. The van der Waals surface area contributed by atoms with Crippen LogP contribution in [0.1, 0.15) is 30.0 Å². The van der Waals surface area contributed by atoms with E-state index in [1.54, 1.807) is 10.6 Å². The number of aromatic amines is 1. The number of fused-ring (bicyclic) bond motifs is 3. The average molecular weight is 405 g/mol. The average Bonchev–Trinajstić information content (AvgIpc) is 2.92. The van der Waals surface area contributed by atoms with Crippen LogP contribution in [0.15, 0.2) is 27.5 Å². The maximum absolute atomic E-state index is 12.2. The van der Waals surface area contributed by atoms with E-state index in [2.05, 4.69) is 20.9 Å². The van der Waals surface area contributed by atoms with Crippen LogP contribution in [0.5, 0.6) is 0 Å². The molecule has 2 N–H and O–H groups in total. The molecule has 0 radical (unpaired) electrons. The summed E-state index contributed by atoms with van der Waals surface area (Å²) in [6.45, 7) is 2.94. The van der Waals surface area contributed by atoms with Crippen LogP contribution in [0.2, 0.25) is 0 Å². The fourth-order valence-corrected chi connectivity index (χ4v) is 4.36. The van der Waals surface area contributed by atoms with E-state index in [-0.39, 0.29) is 11.5 Å². The van der Waals surface area contributed by atoms with Crippen molar-refractivity contribution < 1.29 is 9.90 Å². The van der Waals surface area contributed by atoms with Crippen LogP contribution in [0.4, 0.5) is 4.79 Å². The van der Waals surface area contributed by atoms with Gasteiger partial charge in [-0.3, -0.25) is 4.79 Å². The van der Waals surface area contributed by atoms with Crippen LogP contribution in [0.25, 0.3) is 16.6 Å². The normalized spacial score (nSPS) is 16.0. The molecule has 130 valence electrons. The van der Waals surface area contributed by atoms with E-state index in [0.29, 0.717) is 31.6 Å². The van der Waals surface area contributed by atoms with E-state index in [1.165, 1.54) is 4.90 Å². The van der Waals surface area contributed by atoms with Crippen molar-refractivity contribution >= 4 is 38.6 Å². The van der Waals surface area contributed by atoms with Crippen molar-refractivity contribution in [3.05, 3.63) is 44.3 Å². The van der Waals surface area contributed by atoms with Crippen molar-refractivity contribution in [1.29, 1.82) is 0 Å². The van der Waals surface area contributed by atoms with Crippen molar-refractivity contribution in [1.82, 2.24) is 19.5 Å². The molecule has 1 amide bonds. The van der Waals surface area contributed by atoms with Gasteiger partial charge >= 0.3 is 6.09 Å². The van der Waals surface area contributed by atoms with Crippen LogP contribution in [-0.4, -0.2) is 43.8 Å². The molecule has 3 heterocycles. The molecule has 1 fully saturated rings. The maximum atomic E-state index is 12.2. The lowest BCUT2D eigenvalue weighted by atomic mass is 9.93. The number of H-pyrrole nitrogens is 1. The molecular formula is C17H17BrN4O3. The van der Waals surface area contributed by atoms with E-state index < -0.39 is 6.09 Å². The van der Waals surface area contributed by atoms with Crippen molar-refractivity contribution in [3.8, 4) is 0 Å². The third-order valence-corrected chi connectivity index (χ3v) is 5.44. The Bertz CT molecular complexity index is 1050. The number of hydrogen-bond acceptors (Lipinski definition) is 3. The van der Waals surface area contributed by atoms with Crippen LogP contribution in [-0.2, 0) is 0 Å². The Morgan fingerprint density at radius 3 is 2.72 bits per heavy atom. The van der Waals surface area contributed by atoms with Gasteiger partial charge in [0.15, 0.2) is 0 Å². The van der Waals surface area contributed by atoms with Gasteiger partial charge in [-0.1, -0.05) is 0 Å². The van der Waals surface area contributed by atoms with Crippen molar-refractivity contribution in [3.63, 3.8) is 0 Å². The summed E-state index contributed by atoms with van der Waals surface area (Å²) in [6.07, 6.45) is 0.474. The predicted octanol–water partition coefficient (Wildman–Crippen LogP) is 3.10. The fourth-order valence-electron chi connectivity index (χ4n) is 3.61. The molecule has 8 heteroatoms. The van der Waals surface area contributed by atoms with Gasteiger partial charge in [0.25, 0.3) is 5.56 Å². The van der Waals surface area contributed by atoms with Gasteiger partial charge < -0.3 is 15.0 Å². The summed E-state index contributed by atoms with van der Waals surface area (Å²) in [7, 11) is 0. The zero-order chi connectivity index (χ0) is 17.7. The zero-order valence-electron chi connectivity index (χ0n) is 13.6. The highest BCUT2D eigenvalue weighted by Crippen LogP contribution is 2.32. The first kappa shape index (κ1) is 16.1. The third kappa shape index (κ3) is 2.70. The van der Waals surface area contributed by atoms with E-state index in [4.69, 9.17) is 10.2 Å². The number of carboxylic acid groups (broad SMARTS) is 1. The van der Waals surface area contributed by atoms with Gasteiger partial charge in [-0.05, 0) is 53.4 Å². The van der Waals surface area contributed by atoms with Gasteiger partial charge in [0.05, 0.1) is 16.6 Å². The number of aryl methyl sites for hydroxylation is 1. The molecule has 0 spiro atoms. The van der Waals surface area contributed by atoms with Crippen molar-refractivity contribution in [2.75, 3.05) is 13.1 Å². The highest BCUT2D eigenvalue weighted by atomic mass is 79.9. The second kappa shape index (κ2) is 5.87. The summed E-state index contributed by atoms with van der Waals surface area (Å²) in [6, 6.07) is 5.57. The molecule has 1 saturated heterocycles. The molecule has 2 aromatic heterocycles. The Labute approximate surface area is 151 Å². The van der Waals surface area contributed by atoms with E-state index in [0.717, 1.165) is 26.6 Å². The highest BCUT2D eigenvalue weighted by Gasteiger charge is 2.26. The number of nitrogens with zero attached hydrogens (tertiary/aromatic N) is 3. The van der Waals surface area contributed by atoms with Crippen LogP contribution >= 0.6 is 15.9 Å². The van der Waals surface area contributed by atoms with Gasteiger partial charge in [-0.2, -0.15) is 5.10 Å². The molecule has 25 heavy (non-hydrogen) atoms. The molecule has 0 unspecified atom stereocenters. The van der Waals surface area contributed by atoms with Crippen molar-refractivity contribution in [2.45, 2.75) is 25.7 Å². The van der Waals surface area contributed by atoms with Gasteiger partial charge in [-0.15, -0.1) is 0 Å². The fraction of sp³-hybridized carbons (Fsp3) is 0.353. The zero-order valence-corrected chi connectivity index (χ0v) is 15.2. The quantitative estimate of drug-likeness (QED) is 0.651. The molecular weight excluding hydrogens is 388 g/mol.